The molecule has 8 heteroatoms. The van der Waals surface area contributed by atoms with Crippen LogP contribution in [0.5, 0.6) is 0 Å². The average molecular weight is 326 g/mol. The smallest absolute Gasteiger partial charge is 0.350 e. The molecule has 0 unspecified atom stereocenters. The van der Waals surface area contributed by atoms with Crippen LogP contribution >= 0.6 is 0 Å². The number of rotatable bonds is 4. The highest BCUT2D eigenvalue weighted by molar-refractivity contribution is 6.05. The molecule has 0 atom stereocenters. The van der Waals surface area contributed by atoms with E-state index in [-0.39, 0.29) is 0 Å². The molecule has 0 bridgehead atoms. The molecule has 2 amide bonds. The molecule has 0 aliphatic carbocycles. The molecule has 3 N–H and O–H groups in total. The van der Waals surface area contributed by atoms with Crippen molar-refractivity contribution >= 4 is 17.5 Å². The number of halogens is 4. The molecule has 0 heterocycles. The van der Waals surface area contributed by atoms with Crippen molar-refractivity contribution in [1.29, 1.82) is 0 Å². The number of primary amides is 1. The second-order valence-electron chi connectivity index (χ2n) is 4.56. The number of benzene rings is 2. The zero-order valence-corrected chi connectivity index (χ0v) is 11.4. The Balaban J connectivity index is 2.35. The molecule has 0 radical (unpaired) electrons. The van der Waals surface area contributed by atoms with Crippen molar-refractivity contribution in [2.24, 2.45) is 5.73 Å². The van der Waals surface area contributed by atoms with E-state index in [1.54, 1.807) is 5.32 Å². The molecule has 0 fully saturated rings. The summed E-state index contributed by atoms with van der Waals surface area (Å²) in [4.78, 5) is 23.0. The lowest BCUT2D eigenvalue weighted by atomic mass is 10.1. The van der Waals surface area contributed by atoms with Crippen molar-refractivity contribution < 1.29 is 27.2 Å². The van der Waals surface area contributed by atoms with E-state index < -0.39 is 46.2 Å². The highest BCUT2D eigenvalue weighted by atomic mass is 19.3. The lowest BCUT2D eigenvalue weighted by molar-refractivity contribution is -0.140. The molecule has 120 valence electrons. The van der Waals surface area contributed by atoms with Gasteiger partial charge < -0.3 is 11.1 Å². The van der Waals surface area contributed by atoms with Crippen LogP contribution in [0.4, 0.5) is 23.2 Å². The lowest BCUT2D eigenvalue weighted by Crippen LogP contribution is -2.33. The topological polar surface area (TPSA) is 72.2 Å². The van der Waals surface area contributed by atoms with Gasteiger partial charge in [-0.3, -0.25) is 9.59 Å². The standard InChI is InChI=1S/C15H10F4N2O2/c16-9-6-4-8(5-7-9)15(18,19)14(23)21-12-10(13(20)22)2-1-3-11(12)17/h1-7H,(H2,20,22)(H,21,23). The van der Waals surface area contributed by atoms with E-state index in [9.17, 15) is 27.2 Å². The van der Waals surface area contributed by atoms with Crippen LogP contribution in [0.2, 0.25) is 0 Å². The Morgan fingerprint density at radius 2 is 1.61 bits per heavy atom. The van der Waals surface area contributed by atoms with E-state index in [2.05, 4.69) is 0 Å². The number of hydrogen-bond acceptors (Lipinski definition) is 2. The summed E-state index contributed by atoms with van der Waals surface area (Å²) in [5, 5.41) is 1.66. The second kappa shape index (κ2) is 6.07. The Kier molecular flexibility index (Phi) is 4.35. The monoisotopic (exact) mass is 326 g/mol. The lowest BCUT2D eigenvalue weighted by Gasteiger charge is -2.17. The van der Waals surface area contributed by atoms with Crippen molar-refractivity contribution in [3.63, 3.8) is 0 Å². The van der Waals surface area contributed by atoms with Gasteiger partial charge in [0.1, 0.15) is 11.6 Å². The number of amides is 2. The average Bonchev–Trinajstić information content (AvgIpc) is 2.49. The summed E-state index contributed by atoms with van der Waals surface area (Å²) >= 11 is 0. The summed E-state index contributed by atoms with van der Waals surface area (Å²) in [5.74, 6) is -8.88. The molecule has 0 aliphatic rings. The molecule has 0 spiro atoms. The van der Waals surface area contributed by atoms with Crippen LogP contribution < -0.4 is 11.1 Å². The summed E-state index contributed by atoms with van der Waals surface area (Å²) in [5.41, 5.74) is 3.03. The fraction of sp³-hybridized carbons (Fsp3) is 0.0667. The minimum absolute atomic E-state index is 0.451. The van der Waals surface area contributed by atoms with Gasteiger partial charge in [0.2, 0.25) is 0 Å². The predicted molar refractivity (Wildman–Crippen MR) is 73.8 cm³/mol. The van der Waals surface area contributed by atoms with Crippen molar-refractivity contribution in [2.75, 3.05) is 5.32 Å². The Hall–Kier alpha value is -2.90. The third-order valence-electron chi connectivity index (χ3n) is 3.01. The van der Waals surface area contributed by atoms with E-state index in [4.69, 9.17) is 5.73 Å². The summed E-state index contributed by atoms with van der Waals surface area (Å²) in [6.45, 7) is 0. The van der Waals surface area contributed by atoms with Crippen LogP contribution in [-0.4, -0.2) is 11.8 Å². The number of nitrogens with two attached hydrogens (primary N) is 1. The second-order valence-corrected chi connectivity index (χ2v) is 4.56. The van der Waals surface area contributed by atoms with Crippen LogP contribution in [0.3, 0.4) is 0 Å². The van der Waals surface area contributed by atoms with Gasteiger partial charge in [-0.05, 0) is 36.4 Å². The summed E-state index contributed by atoms with van der Waals surface area (Å²) in [6, 6.07) is 6.07. The zero-order valence-electron chi connectivity index (χ0n) is 11.4. The highest BCUT2D eigenvalue weighted by Crippen LogP contribution is 2.31. The molecule has 2 aromatic rings. The van der Waals surface area contributed by atoms with E-state index in [0.717, 1.165) is 42.5 Å². The number of carbonyl (C=O) groups excluding carboxylic acids is 2. The van der Waals surface area contributed by atoms with Crippen LogP contribution in [0.25, 0.3) is 0 Å². The molecule has 2 rings (SSSR count). The van der Waals surface area contributed by atoms with E-state index in [0.29, 0.717) is 0 Å². The third kappa shape index (κ3) is 3.31. The predicted octanol–water partition coefficient (Wildman–Crippen LogP) is 2.79. The Bertz CT molecular complexity index is 761. The first-order chi connectivity index (χ1) is 10.7. The minimum atomic E-state index is -4.06. The first-order valence-electron chi connectivity index (χ1n) is 6.27. The Morgan fingerprint density at radius 1 is 1.00 bits per heavy atom. The number of carbonyl (C=O) groups is 2. The maximum absolute atomic E-state index is 14.1. The van der Waals surface area contributed by atoms with Gasteiger partial charge in [0.25, 0.3) is 11.8 Å². The van der Waals surface area contributed by atoms with Gasteiger partial charge in [-0.25, -0.2) is 8.78 Å². The first kappa shape index (κ1) is 16.5. The number of hydrogen-bond donors (Lipinski definition) is 2. The molecule has 4 nitrogen and oxygen atoms in total. The summed E-state index contributed by atoms with van der Waals surface area (Å²) in [7, 11) is 0. The summed E-state index contributed by atoms with van der Waals surface area (Å²) in [6.07, 6.45) is 0. The van der Waals surface area contributed by atoms with Crippen LogP contribution in [0.1, 0.15) is 15.9 Å². The quantitative estimate of drug-likeness (QED) is 0.848. The molecular weight excluding hydrogens is 316 g/mol. The Morgan fingerprint density at radius 3 is 2.17 bits per heavy atom. The maximum Gasteiger partial charge on any atom is 0.350 e. The molecule has 2 aromatic carbocycles. The Labute approximate surface area is 127 Å². The van der Waals surface area contributed by atoms with Crippen molar-refractivity contribution in [3.8, 4) is 0 Å². The number of anilines is 1. The molecule has 0 aromatic heterocycles. The third-order valence-corrected chi connectivity index (χ3v) is 3.01. The van der Waals surface area contributed by atoms with Crippen molar-refractivity contribution in [3.05, 3.63) is 65.2 Å². The van der Waals surface area contributed by atoms with Crippen molar-refractivity contribution in [1.82, 2.24) is 0 Å². The number of nitrogens with one attached hydrogen (secondary N) is 1. The van der Waals surface area contributed by atoms with Gasteiger partial charge in [-0.1, -0.05) is 6.07 Å². The molecular formula is C15H10F4N2O2. The summed E-state index contributed by atoms with van der Waals surface area (Å²) < 4.78 is 54.6. The largest absolute Gasteiger partial charge is 0.366 e. The molecule has 23 heavy (non-hydrogen) atoms. The van der Waals surface area contributed by atoms with E-state index >= 15 is 0 Å². The SMILES string of the molecule is NC(=O)c1cccc(F)c1NC(=O)C(F)(F)c1ccc(F)cc1. The molecule has 0 saturated heterocycles. The normalized spacial score (nSPS) is 11.1. The fourth-order valence-corrected chi connectivity index (χ4v) is 1.84. The fourth-order valence-electron chi connectivity index (χ4n) is 1.84. The highest BCUT2D eigenvalue weighted by Gasteiger charge is 2.41. The molecule has 0 aliphatic heterocycles. The van der Waals surface area contributed by atoms with Crippen LogP contribution in [0.15, 0.2) is 42.5 Å². The number of alkyl halides is 2. The van der Waals surface area contributed by atoms with Crippen LogP contribution in [-0.2, 0) is 10.7 Å². The maximum atomic E-state index is 14.1. The van der Waals surface area contributed by atoms with Gasteiger partial charge in [0.15, 0.2) is 0 Å². The van der Waals surface area contributed by atoms with Gasteiger partial charge in [0.05, 0.1) is 11.3 Å². The van der Waals surface area contributed by atoms with E-state index in [1.807, 2.05) is 0 Å². The van der Waals surface area contributed by atoms with Gasteiger partial charge in [-0.15, -0.1) is 0 Å². The molecule has 0 saturated carbocycles. The van der Waals surface area contributed by atoms with Crippen LogP contribution in [0, 0.1) is 11.6 Å². The van der Waals surface area contributed by atoms with E-state index in [1.165, 1.54) is 0 Å². The minimum Gasteiger partial charge on any atom is -0.366 e. The zero-order chi connectivity index (χ0) is 17.2. The van der Waals surface area contributed by atoms with Gasteiger partial charge in [0, 0.05) is 5.56 Å². The first-order valence-corrected chi connectivity index (χ1v) is 6.27. The number of para-hydroxylation sites is 1. The van der Waals surface area contributed by atoms with Crippen molar-refractivity contribution in [2.45, 2.75) is 5.92 Å². The van der Waals surface area contributed by atoms with Gasteiger partial charge in [-0.2, -0.15) is 8.78 Å². The van der Waals surface area contributed by atoms with Gasteiger partial charge >= 0.3 is 5.92 Å².